The topological polar surface area (TPSA) is 23.6 Å². The second kappa shape index (κ2) is 5.41. The molecule has 3 nitrogen and oxygen atoms in total. The second-order valence-electron chi connectivity index (χ2n) is 5.02. The maximum absolute atomic E-state index is 12.6. The lowest BCUT2D eigenvalue weighted by atomic mass is 10.1. The number of rotatable bonds is 1. The first kappa shape index (κ1) is 13.6. The number of benzene rings is 1. The molecule has 1 aromatic rings. The molecule has 0 aromatic heterocycles. The largest absolute Gasteiger partial charge is 0.333 e. The fourth-order valence-electron chi connectivity index (χ4n) is 2.44. The summed E-state index contributed by atoms with van der Waals surface area (Å²) in [4.78, 5) is 16.8. The van der Waals surface area contributed by atoms with Gasteiger partial charge < -0.3 is 9.80 Å². The number of likely N-dealkylation sites (N-methyl/N-ethyl adjacent to an activating group) is 1. The van der Waals surface area contributed by atoms with E-state index in [1.165, 1.54) is 0 Å². The zero-order valence-electron chi connectivity index (χ0n) is 11.1. The van der Waals surface area contributed by atoms with E-state index in [-0.39, 0.29) is 11.9 Å². The van der Waals surface area contributed by atoms with Gasteiger partial charge in [0.1, 0.15) is 0 Å². The van der Waals surface area contributed by atoms with Gasteiger partial charge in [-0.25, -0.2) is 0 Å². The molecule has 1 heterocycles. The molecule has 1 saturated heterocycles. The molecular weight excluding hydrogens is 292 g/mol. The predicted molar refractivity (Wildman–Crippen MR) is 76.9 cm³/mol. The number of hydrogen-bond donors (Lipinski definition) is 0. The van der Waals surface area contributed by atoms with Crippen LogP contribution in [0.2, 0.25) is 0 Å². The average Bonchev–Trinajstić information content (AvgIpc) is 2.32. The molecule has 2 rings (SSSR count). The maximum atomic E-state index is 12.6. The van der Waals surface area contributed by atoms with E-state index in [1.54, 1.807) is 0 Å². The highest BCUT2D eigenvalue weighted by atomic mass is 79.9. The van der Waals surface area contributed by atoms with E-state index in [4.69, 9.17) is 0 Å². The summed E-state index contributed by atoms with van der Waals surface area (Å²) in [5.41, 5.74) is 1.83. The molecule has 0 radical (unpaired) electrons. The summed E-state index contributed by atoms with van der Waals surface area (Å²) in [6.07, 6.45) is 0. The highest BCUT2D eigenvalue weighted by Crippen LogP contribution is 2.22. The van der Waals surface area contributed by atoms with Gasteiger partial charge in [0.2, 0.25) is 0 Å². The summed E-state index contributed by atoms with van der Waals surface area (Å²) in [6.45, 7) is 6.79. The molecule has 0 aliphatic carbocycles. The monoisotopic (exact) mass is 310 g/mol. The Morgan fingerprint density at radius 2 is 2.11 bits per heavy atom. The van der Waals surface area contributed by atoms with E-state index in [0.717, 1.165) is 35.2 Å². The molecule has 0 bridgehead atoms. The van der Waals surface area contributed by atoms with Gasteiger partial charge in [-0.15, -0.1) is 0 Å². The summed E-state index contributed by atoms with van der Waals surface area (Å²) < 4.78 is 0.995. The van der Waals surface area contributed by atoms with Crippen molar-refractivity contribution in [3.8, 4) is 0 Å². The summed E-state index contributed by atoms with van der Waals surface area (Å²) in [7, 11) is 2.10. The number of carbonyl (C=O) groups is 1. The Balaban J connectivity index is 2.23. The van der Waals surface area contributed by atoms with Crippen molar-refractivity contribution in [3.05, 3.63) is 33.8 Å². The molecule has 1 amide bonds. The van der Waals surface area contributed by atoms with E-state index in [0.29, 0.717) is 0 Å². The fourth-order valence-corrected chi connectivity index (χ4v) is 2.80. The molecular formula is C14H19BrN2O. The van der Waals surface area contributed by atoms with Crippen LogP contribution in [0, 0.1) is 6.92 Å². The molecule has 1 fully saturated rings. The van der Waals surface area contributed by atoms with Crippen LogP contribution in [0.15, 0.2) is 22.7 Å². The number of amides is 1. The molecule has 1 aromatic carbocycles. The Bertz CT molecular complexity index is 461. The zero-order chi connectivity index (χ0) is 13.3. The van der Waals surface area contributed by atoms with Crippen LogP contribution < -0.4 is 0 Å². The summed E-state index contributed by atoms with van der Waals surface area (Å²) in [5.74, 6) is 0.148. The lowest BCUT2D eigenvalue weighted by Crippen LogP contribution is -2.52. The van der Waals surface area contributed by atoms with Crippen LogP contribution in [0.1, 0.15) is 22.8 Å². The Morgan fingerprint density at radius 3 is 2.78 bits per heavy atom. The van der Waals surface area contributed by atoms with Crippen LogP contribution in [-0.2, 0) is 0 Å². The molecule has 0 saturated carbocycles. The van der Waals surface area contributed by atoms with Crippen LogP contribution in [0.4, 0.5) is 0 Å². The minimum atomic E-state index is 0.148. The predicted octanol–water partition coefficient (Wildman–Crippen LogP) is 2.53. The van der Waals surface area contributed by atoms with Crippen molar-refractivity contribution in [1.29, 1.82) is 0 Å². The van der Waals surface area contributed by atoms with Crippen LogP contribution in [0.25, 0.3) is 0 Å². The fraction of sp³-hybridized carbons (Fsp3) is 0.500. The van der Waals surface area contributed by atoms with Crippen molar-refractivity contribution in [1.82, 2.24) is 9.80 Å². The Labute approximate surface area is 117 Å². The number of halogens is 1. The summed E-state index contributed by atoms with van der Waals surface area (Å²) >= 11 is 3.48. The minimum Gasteiger partial charge on any atom is -0.333 e. The highest BCUT2D eigenvalue weighted by molar-refractivity contribution is 9.10. The number of carbonyl (C=O) groups excluding carboxylic acids is 1. The van der Waals surface area contributed by atoms with Crippen LogP contribution >= 0.6 is 15.9 Å². The van der Waals surface area contributed by atoms with Crippen LogP contribution in [0.3, 0.4) is 0 Å². The van der Waals surface area contributed by atoms with Crippen molar-refractivity contribution in [2.24, 2.45) is 0 Å². The van der Waals surface area contributed by atoms with Crippen molar-refractivity contribution >= 4 is 21.8 Å². The minimum absolute atomic E-state index is 0.148. The molecule has 4 heteroatoms. The Kier molecular flexibility index (Phi) is 4.07. The van der Waals surface area contributed by atoms with Gasteiger partial charge in [-0.05, 0) is 38.6 Å². The number of piperazine rings is 1. The SMILES string of the molecule is Cc1c(Br)cccc1C(=O)N1CCN(C)CC1C. The van der Waals surface area contributed by atoms with Gasteiger partial charge in [-0.3, -0.25) is 4.79 Å². The Hall–Kier alpha value is -0.870. The van der Waals surface area contributed by atoms with E-state index in [2.05, 4.69) is 34.8 Å². The standard InChI is InChI=1S/C14H19BrN2O/c1-10-9-16(3)7-8-17(10)14(18)12-5-4-6-13(15)11(12)2/h4-6,10H,7-9H2,1-3H3. The quantitative estimate of drug-likeness (QED) is 0.796. The van der Waals surface area contributed by atoms with Crippen LogP contribution in [-0.4, -0.2) is 48.4 Å². The molecule has 98 valence electrons. The van der Waals surface area contributed by atoms with Gasteiger partial charge in [-0.1, -0.05) is 22.0 Å². The van der Waals surface area contributed by atoms with Gasteiger partial charge in [0.05, 0.1) is 0 Å². The summed E-state index contributed by atoms with van der Waals surface area (Å²) in [5, 5.41) is 0. The lowest BCUT2D eigenvalue weighted by Gasteiger charge is -2.38. The van der Waals surface area contributed by atoms with Gasteiger partial charge >= 0.3 is 0 Å². The van der Waals surface area contributed by atoms with E-state index >= 15 is 0 Å². The van der Waals surface area contributed by atoms with Crippen LogP contribution in [0.5, 0.6) is 0 Å². The van der Waals surface area contributed by atoms with Crippen molar-refractivity contribution in [2.45, 2.75) is 19.9 Å². The van der Waals surface area contributed by atoms with Gasteiger partial charge in [-0.2, -0.15) is 0 Å². The molecule has 1 unspecified atom stereocenters. The highest BCUT2D eigenvalue weighted by Gasteiger charge is 2.27. The molecule has 1 aliphatic rings. The van der Waals surface area contributed by atoms with Crippen molar-refractivity contribution in [3.63, 3.8) is 0 Å². The second-order valence-corrected chi connectivity index (χ2v) is 5.88. The first-order valence-corrected chi connectivity index (χ1v) is 7.04. The first-order chi connectivity index (χ1) is 8.50. The third-order valence-electron chi connectivity index (χ3n) is 3.59. The normalized spacial score (nSPS) is 21.1. The molecule has 18 heavy (non-hydrogen) atoms. The third kappa shape index (κ3) is 2.59. The molecule has 0 N–H and O–H groups in total. The van der Waals surface area contributed by atoms with Crippen molar-refractivity contribution in [2.75, 3.05) is 26.7 Å². The summed E-state index contributed by atoms with van der Waals surface area (Å²) in [6, 6.07) is 6.08. The molecule has 1 aliphatic heterocycles. The number of nitrogens with zero attached hydrogens (tertiary/aromatic N) is 2. The van der Waals surface area contributed by atoms with E-state index < -0.39 is 0 Å². The Morgan fingerprint density at radius 1 is 1.39 bits per heavy atom. The van der Waals surface area contributed by atoms with E-state index in [1.807, 2.05) is 30.0 Å². The average molecular weight is 311 g/mol. The van der Waals surface area contributed by atoms with Gasteiger partial charge in [0, 0.05) is 35.7 Å². The van der Waals surface area contributed by atoms with Gasteiger partial charge in [0.15, 0.2) is 0 Å². The first-order valence-electron chi connectivity index (χ1n) is 6.25. The zero-order valence-corrected chi connectivity index (χ0v) is 12.7. The maximum Gasteiger partial charge on any atom is 0.254 e. The molecule has 1 atom stereocenters. The number of hydrogen-bond acceptors (Lipinski definition) is 2. The molecule has 0 spiro atoms. The lowest BCUT2D eigenvalue weighted by molar-refractivity contribution is 0.0533. The van der Waals surface area contributed by atoms with Gasteiger partial charge in [0.25, 0.3) is 5.91 Å². The van der Waals surface area contributed by atoms with Crippen molar-refractivity contribution < 1.29 is 4.79 Å². The smallest absolute Gasteiger partial charge is 0.254 e. The third-order valence-corrected chi connectivity index (χ3v) is 4.45. The van der Waals surface area contributed by atoms with E-state index in [9.17, 15) is 4.79 Å².